The molecule has 0 saturated carbocycles. The van der Waals surface area contributed by atoms with E-state index >= 15 is 0 Å². The van der Waals surface area contributed by atoms with E-state index < -0.39 is 0 Å². The van der Waals surface area contributed by atoms with Gasteiger partial charge in [0.25, 0.3) is 0 Å². The molecule has 6 heteroatoms. The number of halogens is 2. The molecule has 3 rings (SSSR count). The molecule has 0 unspecified atom stereocenters. The standard InChI is InChI=1S/C15H13Cl2N3S/c1-9-7-20(14-11(16)4-3-5-12(14)17)8-10-6-18-15(21-2)19-13(9)10/h3-7H,8H2,1-2H3. The molecule has 0 N–H and O–H groups in total. The summed E-state index contributed by atoms with van der Waals surface area (Å²) in [5, 5.41) is 2.05. The van der Waals surface area contributed by atoms with Crippen LogP contribution in [0.2, 0.25) is 10.0 Å². The summed E-state index contributed by atoms with van der Waals surface area (Å²) in [5.41, 5.74) is 3.96. The molecule has 1 aliphatic rings. The van der Waals surface area contributed by atoms with Gasteiger partial charge in [-0.1, -0.05) is 41.0 Å². The summed E-state index contributed by atoms with van der Waals surface area (Å²) in [5.74, 6) is 0. The largest absolute Gasteiger partial charge is 0.341 e. The maximum Gasteiger partial charge on any atom is 0.187 e. The van der Waals surface area contributed by atoms with Gasteiger partial charge in [-0.3, -0.25) is 0 Å². The Morgan fingerprint density at radius 1 is 1.24 bits per heavy atom. The first-order valence-corrected chi connectivity index (χ1v) is 8.37. The molecule has 1 aliphatic heterocycles. The third kappa shape index (κ3) is 2.76. The van der Waals surface area contributed by atoms with Crippen molar-refractivity contribution in [1.29, 1.82) is 0 Å². The van der Waals surface area contributed by atoms with Gasteiger partial charge in [-0.05, 0) is 30.9 Å². The first kappa shape index (κ1) is 14.7. The zero-order valence-corrected chi connectivity index (χ0v) is 13.9. The van der Waals surface area contributed by atoms with Crippen molar-refractivity contribution in [1.82, 2.24) is 9.97 Å². The number of anilines is 1. The summed E-state index contributed by atoms with van der Waals surface area (Å²) in [6, 6.07) is 5.53. The zero-order valence-electron chi connectivity index (χ0n) is 11.6. The highest BCUT2D eigenvalue weighted by molar-refractivity contribution is 7.98. The molecule has 108 valence electrons. The van der Waals surface area contributed by atoms with Crippen LogP contribution in [0.4, 0.5) is 5.69 Å². The second-order valence-electron chi connectivity index (χ2n) is 4.74. The molecule has 0 fully saturated rings. The van der Waals surface area contributed by atoms with E-state index in [0.717, 1.165) is 27.7 Å². The predicted molar refractivity (Wildman–Crippen MR) is 90.1 cm³/mol. The monoisotopic (exact) mass is 337 g/mol. The van der Waals surface area contributed by atoms with Crippen molar-refractivity contribution < 1.29 is 0 Å². The highest BCUT2D eigenvalue weighted by Gasteiger charge is 2.21. The SMILES string of the molecule is CSc1ncc2c(n1)C(C)=CN(c1c(Cl)cccc1Cl)C2. The van der Waals surface area contributed by atoms with Gasteiger partial charge in [0, 0.05) is 18.0 Å². The number of aromatic nitrogens is 2. The third-order valence-corrected chi connectivity index (χ3v) is 4.49. The zero-order chi connectivity index (χ0) is 15.0. The lowest BCUT2D eigenvalue weighted by molar-refractivity contribution is 0.859. The molecule has 3 nitrogen and oxygen atoms in total. The number of allylic oxidation sites excluding steroid dienone is 1. The quantitative estimate of drug-likeness (QED) is 0.576. The van der Waals surface area contributed by atoms with Gasteiger partial charge < -0.3 is 4.90 Å². The van der Waals surface area contributed by atoms with E-state index in [-0.39, 0.29) is 0 Å². The maximum absolute atomic E-state index is 6.30. The topological polar surface area (TPSA) is 29.0 Å². The molecule has 1 aromatic carbocycles. The molecule has 2 heterocycles. The maximum atomic E-state index is 6.30. The molecule has 0 radical (unpaired) electrons. The van der Waals surface area contributed by atoms with Gasteiger partial charge in [0.05, 0.1) is 28.0 Å². The number of hydrogen-bond donors (Lipinski definition) is 0. The van der Waals surface area contributed by atoms with E-state index in [9.17, 15) is 0 Å². The average Bonchev–Trinajstić information content (AvgIpc) is 2.47. The van der Waals surface area contributed by atoms with Gasteiger partial charge in [-0.25, -0.2) is 9.97 Å². The van der Waals surface area contributed by atoms with Crippen LogP contribution >= 0.6 is 35.0 Å². The Morgan fingerprint density at radius 2 is 1.95 bits per heavy atom. The van der Waals surface area contributed by atoms with Gasteiger partial charge in [-0.15, -0.1) is 0 Å². The normalized spacial score (nSPS) is 13.9. The van der Waals surface area contributed by atoms with Gasteiger partial charge in [0.2, 0.25) is 0 Å². The lowest BCUT2D eigenvalue weighted by Gasteiger charge is -2.28. The fourth-order valence-electron chi connectivity index (χ4n) is 2.38. The molecule has 21 heavy (non-hydrogen) atoms. The van der Waals surface area contributed by atoms with Gasteiger partial charge in [-0.2, -0.15) is 0 Å². The van der Waals surface area contributed by atoms with Crippen LogP contribution in [0.3, 0.4) is 0 Å². The van der Waals surface area contributed by atoms with Crippen molar-refractivity contribution in [3.63, 3.8) is 0 Å². The minimum absolute atomic E-state index is 0.636. The Kier molecular flexibility index (Phi) is 4.11. The molecule has 0 amide bonds. The van der Waals surface area contributed by atoms with Crippen LogP contribution in [0.25, 0.3) is 5.57 Å². The summed E-state index contributed by atoms with van der Waals surface area (Å²) in [7, 11) is 0. The summed E-state index contributed by atoms with van der Waals surface area (Å²) < 4.78 is 0. The number of nitrogens with zero attached hydrogens (tertiary/aromatic N) is 3. The van der Waals surface area contributed by atoms with Crippen LogP contribution in [-0.4, -0.2) is 16.2 Å². The Labute approximate surface area is 138 Å². The second-order valence-corrected chi connectivity index (χ2v) is 6.33. The van der Waals surface area contributed by atoms with Crippen LogP contribution in [0, 0.1) is 0 Å². The Bertz CT molecular complexity index is 711. The number of rotatable bonds is 2. The predicted octanol–water partition coefficient (Wildman–Crippen LogP) is 4.89. The van der Waals surface area contributed by atoms with E-state index in [2.05, 4.69) is 9.97 Å². The molecule has 0 spiro atoms. The van der Waals surface area contributed by atoms with E-state index in [4.69, 9.17) is 23.2 Å². The Morgan fingerprint density at radius 3 is 2.62 bits per heavy atom. The van der Waals surface area contributed by atoms with E-state index in [1.807, 2.05) is 48.7 Å². The Balaban J connectivity index is 2.05. The smallest absolute Gasteiger partial charge is 0.187 e. The van der Waals surface area contributed by atoms with Crippen molar-refractivity contribution in [2.75, 3.05) is 11.2 Å². The summed E-state index contributed by atoms with van der Waals surface area (Å²) in [6.07, 6.45) is 5.88. The summed E-state index contributed by atoms with van der Waals surface area (Å²) in [4.78, 5) is 11.0. The molecular weight excluding hydrogens is 325 g/mol. The molecule has 2 aromatic rings. The fourth-order valence-corrected chi connectivity index (χ4v) is 3.33. The van der Waals surface area contributed by atoms with E-state index in [1.54, 1.807) is 11.8 Å². The van der Waals surface area contributed by atoms with Gasteiger partial charge in [0.15, 0.2) is 5.16 Å². The number of hydrogen-bond acceptors (Lipinski definition) is 4. The number of para-hydroxylation sites is 1. The highest BCUT2D eigenvalue weighted by Crippen LogP contribution is 2.37. The third-order valence-electron chi connectivity index (χ3n) is 3.31. The summed E-state index contributed by atoms with van der Waals surface area (Å²) >= 11 is 14.1. The van der Waals surface area contributed by atoms with Crippen LogP contribution in [0.5, 0.6) is 0 Å². The van der Waals surface area contributed by atoms with Crippen molar-refractivity contribution in [3.8, 4) is 0 Å². The van der Waals surface area contributed by atoms with Crippen LogP contribution in [-0.2, 0) is 6.54 Å². The number of fused-ring (bicyclic) bond motifs is 1. The molecule has 1 aromatic heterocycles. The van der Waals surface area contributed by atoms with Crippen molar-refractivity contribution >= 4 is 46.2 Å². The van der Waals surface area contributed by atoms with Crippen molar-refractivity contribution in [3.05, 3.63) is 51.9 Å². The first-order chi connectivity index (χ1) is 10.1. The van der Waals surface area contributed by atoms with E-state index in [1.165, 1.54) is 0 Å². The van der Waals surface area contributed by atoms with E-state index in [0.29, 0.717) is 16.6 Å². The molecule has 0 bridgehead atoms. The molecular formula is C15H13Cl2N3S. The van der Waals surface area contributed by atoms with Crippen LogP contribution in [0.1, 0.15) is 18.2 Å². The lowest BCUT2D eigenvalue weighted by atomic mass is 10.1. The molecule has 0 aliphatic carbocycles. The molecule has 0 atom stereocenters. The minimum Gasteiger partial charge on any atom is -0.341 e. The van der Waals surface area contributed by atoms with Crippen molar-refractivity contribution in [2.45, 2.75) is 18.6 Å². The Hall–Kier alpha value is -1.23. The lowest BCUT2D eigenvalue weighted by Crippen LogP contribution is -2.22. The van der Waals surface area contributed by atoms with Gasteiger partial charge in [0.1, 0.15) is 0 Å². The van der Waals surface area contributed by atoms with Crippen LogP contribution < -0.4 is 4.90 Å². The first-order valence-electron chi connectivity index (χ1n) is 6.39. The van der Waals surface area contributed by atoms with Crippen LogP contribution in [0.15, 0.2) is 35.8 Å². The number of thioether (sulfide) groups is 1. The average molecular weight is 338 g/mol. The van der Waals surface area contributed by atoms with Crippen molar-refractivity contribution in [2.24, 2.45) is 0 Å². The number of benzene rings is 1. The molecule has 0 saturated heterocycles. The highest BCUT2D eigenvalue weighted by atomic mass is 35.5. The van der Waals surface area contributed by atoms with Gasteiger partial charge >= 0.3 is 0 Å². The fraction of sp³-hybridized carbons (Fsp3) is 0.200. The minimum atomic E-state index is 0.636. The second kappa shape index (κ2) is 5.87. The summed E-state index contributed by atoms with van der Waals surface area (Å²) in [6.45, 7) is 2.69.